The minimum Gasteiger partial charge on any atom is -0.310 e. The number of thiophene rings is 2. The number of rotatable bonds is 8. The molecular formula is C67H46N2S2. The average Bonchev–Trinajstić information content (AvgIpc) is 4.07. The van der Waals surface area contributed by atoms with Crippen molar-refractivity contribution in [2.75, 3.05) is 9.80 Å². The average molecular weight is 943 g/mol. The molecule has 0 spiro atoms. The maximum Gasteiger partial charge on any atom is 0.0543 e. The summed E-state index contributed by atoms with van der Waals surface area (Å²) in [5.41, 5.74) is 16.7. The van der Waals surface area contributed by atoms with Crippen molar-refractivity contribution < 1.29 is 0 Å². The first-order valence-corrected chi connectivity index (χ1v) is 26.0. The van der Waals surface area contributed by atoms with Crippen LogP contribution in [-0.2, 0) is 5.41 Å². The Balaban J connectivity index is 0.909. The Bertz CT molecular complexity index is 4220. The molecule has 0 atom stereocenters. The van der Waals surface area contributed by atoms with E-state index in [0.29, 0.717) is 0 Å². The first kappa shape index (κ1) is 41.7. The Labute approximate surface area is 421 Å². The number of benzene rings is 11. The van der Waals surface area contributed by atoms with E-state index in [1.165, 1.54) is 101 Å². The van der Waals surface area contributed by atoms with Gasteiger partial charge in [-0.3, -0.25) is 0 Å². The van der Waals surface area contributed by atoms with Gasteiger partial charge in [0.2, 0.25) is 0 Å². The van der Waals surface area contributed by atoms with E-state index in [2.05, 4.69) is 266 Å². The highest BCUT2D eigenvalue weighted by atomic mass is 32.1. The van der Waals surface area contributed by atoms with E-state index < -0.39 is 0 Å². The molecule has 0 amide bonds. The largest absolute Gasteiger partial charge is 0.310 e. The van der Waals surface area contributed by atoms with Gasteiger partial charge in [0.05, 0.1) is 5.69 Å². The normalized spacial score (nSPS) is 12.8. The van der Waals surface area contributed by atoms with Crippen LogP contribution in [0.3, 0.4) is 0 Å². The molecule has 2 nitrogen and oxygen atoms in total. The maximum atomic E-state index is 2.50. The molecule has 0 saturated carbocycles. The van der Waals surface area contributed by atoms with Crippen molar-refractivity contribution in [2.45, 2.75) is 19.3 Å². The van der Waals surface area contributed by atoms with Gasteiger partial charge in [-0.05, 0) is 129 Å². The van der Waals surface area contributed by atoms with Crippen molar-refractivity contribution in [3.8, 4) is 33.4 Å². The van der Waals surface area contributed by atoms with Crippen molar-refractivity contribution in [2.24, 2.45) is 0 Å². The summed E-state index contributed by atoms with van der Waals surface area (Å²) in [4.78, 5) is 4.91. The second kappa shape index (κ2) is 16.4. The van der Waals surface area contributed by atoms with E-state index in [1.54, 1.807) is 0 Å². The van der Waals surface area contributed by atoms with Gasteiger partial charge in [-0.15, -0.1) is 22.7 Å². The van der Waals surface area contributed by atoms with Crippen molar-refractivity contribution in [3.05, 3.63) is 254 Å². The van der Waals surface area contributed by atoms with Gasteiger partial charge in [0.15, 0.2) is 0 Å². The van der Waals surface area contributed by atoms with E-state index in [4.69, 9.17) is 0 Å². The van der Waals surface area contributed by atoms with Crippen molar-refractivity contribution >= 4 is 108 Å². The third kappa shape index (κ3) is 6.67. The van der Waals surface area contributed by atoms with Gasteiger partial charge in [-0.1, -0.05) is 178 Å². The van der Waals surface area contributed by atoms with Crippen molar-refractivity contribution in [3.63, 3.8) is 0 Å². The van der Waals surface area contributed by atoms with Crippen LogP contribution in [0.2, 0.25) is 0 Å². The predicted molar refractivity (Wildman–Crippen MR) is 308 cm³/mol. The third-order valence-corrected chi connectivity index (χ3v) is 17.2. The second-order valence-corrected chi connectivity index (χ2v) is 21.3. The van der Waals surface area contributed by atoms with Crippen LogP contribution < -0.4 is 9.80 Å². The predicted octanol–water partition coefficient (Wildman–Crippen LogP) is 20.2. The zero-order chi connectivity index (χ0) is 47.2. The monoisotopic (exact) mass is 942 g/mol. The number of hydrogen-bond acceptors (Lipinski definition) is 4. The Kier molecular flexibility index (Phi) is 9.64. The fourth-order valence-corrected chi connectivity index (χ4v) is 14.0. The number of hydrogen-bond donors (Lipinski definition) is 0. The molecule has 0 unspecified atom stereocenters. The zero-order valence-corrected chi connectivity index (χ0v) is 40.9. The topological polar surface area (TPSA) is 6.48 Å². The number of fused-ring (bicyclic) bond motifs is 11. The van der Waals surface area contributed by atoms with Gasteiger partial charge >= 0.3 is 0 Å². The Morgan fingerprint density at radius 3 is 1.35 bits per heavy atom. The Morgan fingerprint density at radius 1 is 0.310 bits per heavy atom. The molecule has 1 aliphatic carbocycles. The highest BCUT2D eigenvalue weighted by Gasteiger charge is 2.38. The molecule has 0 N–H and O–H groups in total. The Morgan fingerprint density at radius 2 is 0.761 bits per heavy atom. The summed E-state index contributed by atoms with van der Waals surface area (Å²) in [7, 11) is 0. The fraction of sp³-hybridized carbons (Fsp3) is 0.0448. The summed E-state index contributed by atoms with van der Waals surface area (Å²) in [5.74, 6) is 0. The van der Waals surface area contributed by atoms with E-state index in [1.807, 2.05) is 22.7 Å². The number of nitrogens with zero attached hydrogens (tertiary/aromatic N) is 2. The van der Waals surface area contributed by atoms with Gasteiger partial charge in [-0.2, -0.15) is 0 Å². The maximum absolute atomic E-state index is 2.50. The molecule has 0 aliphatic heterocycles. The highest BCUT2D eigenvalue weighted by Crippen LogP contribution is 2.56. The molecule has 0 fully saturated rings. The van der Waals surface area contributed by atoms with Crippen LogP contribution in [0.4, 0.5) is 34.1 Å². The van der Waals surface area contributed by atoms with Crippen LogP contribution in [0, 0.1) is 0 Å². The zero-order valence-electron chi connectivity index (χ0n) is 39.3. The molecule has 13 aromatic rings. The molecular weight excluding hydrogens is 897 g/mol. The van der Waals surface area contributed by atoms with Crippen LogP contribution in [0.25, 0.3) is 84.5 Å². The van der Waals surface area contributed by atoms with E-state index >= 15 is 0 Å². The highest BCUT2D eigenvalue weighted by molar-refractivity contribution is 7.26. The lowest BCUT2D eigenvalue weighted by Crippen LogP contribution is -2.18. The van der Waals surface area contributed by atoms with Crippen molar-refractivity contribution in [1.29, 1.82) is 0 Å². The van der Waals surface area contributed by atoms with Crippen LogP contribution in [0.1, 0.15) is 25.0 Å². The van der Waals surface area contributed by atoms with Crippen LogP contribution >= 0.6 is 22.7 Å². The molecule has 0 saturated heterocycles. The van der Waals surface area contributed by atoms with Crippen LogP contribution in [-0.4, -0.2) is 0 Å². The summed E-state index contributed by atoms with van der Waals surface area (Å²) >= 11 is 3.77. The van der Waals surface area contributed by atoms with Gasteiger partial charge in [0.1, 0.15) is 0 Å². The molecule has 71 heavy (non-hydrogen) atoms. The Hall–Kier alpha value is -8.28. The molecule has 336 valence electrons. The first-order chi connectivity index (χ1) is 35.0. The lowest BCUT2D eigenvalue weighted by atomic mass is 9.81. The van der Waals surface area contributed by atoms with E-state index in [9.17, 15) is 0 Å². The standard InChI is InChI=1S/C67H46N2S2/c1-67(2)59-41-49(68(45-21-5-3-6-22-45)47-25-15-19-43(39-47)50-31-17-33-56-53-28-11-13-35-62(53)70-65(50)56)37-38-58(59)64-55-30-10-9-27-52(55)61(42-60(64)67)69(46-23-7-4-8-24-46)48-26-16-20-44(40-48)51-32-18-34-57-54-29-12-14-36-63(54)71-66(51)57/h3-42H,1-2H3. The van der Waals surface area contributed by atoms with Gasteiger partial charge in [0.25, 0.3) is 0 Å². The van der Waals surface area contributed by atoms with E-state index in [0.717, 1.165) is 28.4 Å². The molecule has 0 radical (unpaired) electrons. The molecule has 1 aliphatic rings. The van der Waals surface area contributed by atoms with Crippen molar-refractivity contribution in [1.82, 2.24) is 0 Å². The molecule has 11 aromatic carbocycles. The summed E-state index contributed by atoms with van der Waals surface area (Å²) < 4.78 is 5.28. The molecule has 4 heteroatoms. The molecule has 2 aromatic heterocycles. The lowest BCUT2D eigenvalue weighted by Gasteiger charge is -2.30. The smallest absolute Gasteiger partial charge is 0.0543 e. The van der Waals surface area contributed by atoms with E-state index in [-0.39, 0.29) is 5.41 Å². The number of para-hydroxylation sites is 2. The SMILES string of the molecule is CC1(C)c2cc(N(c3ccccc3)c3cccc(-c4cccc5c4sc4ccccc45)c3)ccc2-c2c1cc(N(c1ccccc1)c1cccc(-c3cccc4c3sc3ccccc34)c1)c1ccccc21. The third-order valence-electron chi connectivity index (χ3n) is 14.8. The van der Waals surface area contributed by atoms with Crippen LogP contribution in [0.15, 0.2) is 243 Å². The summed E-state index contributed by atoms with van der Waals surface area (Å²) in [6.45, 7) is 4.83. The summed E-state index contributed by atoms with van der Waals surface area (Å²) in [6, 6.07) is 89.7. The molecule has 0 bridgehead atoms. The number of anilines is 6. The van der Waals surface area contributed by atoms with Gasteiger partial charge in [-0.25, -0.2) is 0 Å². The fourth-order valence-electron chi connectivity index (χ4n) is 11.5. The quantitative estimate of drug-likeness (QED) is 0.150. The lowest BCUT2D eigenvalue weighted by molar-refractivity contribution is 0.661. The first-order valence-electron chi connectivity index (χ1n) is 24.4. The van der Waals surface area contributed by atoms with Crippen LogP contribution in [0.5, 0.6) is 0 Å². The summed E-state index contributed by atoms with van der Waals surface area (Å²) in [6.07, 6.45) is 0. The molecule has 2 heterocycles. The minimum absolute atomic E-state index is 0.318. The minimum atomic E-state index is -0.318. The summed E-state index contributed by atoms with van der Waals surface area (Å²) in [5, 5.41) is 7.73. The van der Waals surface area contributed by atoms with Gasteiger partial charge in [0, 0.05) is 79.6 Å². The second-order valence-electron chi connectivity index (χ2n) is 19.2. The molecule has 14 rings (SSSR count). The van der Waals surface area contributed by atoms with Gasteiger partial charge < -0.3 is 9.80 Å².